The summed E-state index contributed by atoms with van der Waals surface area (Å²) in [6.45, 7) is 47.1. The predicted molar refractivity (Wildman–Crippen MR) is 496 cm³/mol. The summed E-state index contributed by atoms with van der Waals surface area (Å²) in [5.41, 5.74) is 14.9. The number of rotatable bonds is 34. The van der Waals surface area contributed by atoms with Gasteiger partial charge in [-0.1, -0.05) is 143 Å². The Labute approximate surface area is 719 Å². The molecule has 0 bridgehead atoms. The first-order valence-electron chi connectivity index (χ1n) is 42.0. The minimum absolute atomic E-state index is 0.0776. The highest BCUT2D eigenvalue weighted by atomic mass is 32.1. The van der Waals surface area contributed by atoms with E-state index in [-0.39, 0.29) is 23.1 Å². The van der Waals surface area contributed by atoms with Crippen LogP contribution in [0.5, 0.6) is 5.75 Å². The van der Waals surface area contributed by atoms with E-state index in [0.29, 0.717) is 51.2 Å². The zero-order chi connectivity index (χ0) is 81.1. The van der Waals surface area contributed by atoms with Crippen molar-refractivity contribution in [3.63, 3.8) is 0 Å². The fourth-order valence-electron chi connectivity index (χ4n) is 17.7. The Kier molecular flexibility index (Phi) is 25.5. The van der Waals surface area contributed by atoms with Gasteiger partial charge in [0.05, 0.1) is 55.2 Å². The van der Waals surface area contributed by atoms with Crippen molar-refractivity contribution >= 4 is 126 Å². The molecular weight excluding hydrogens is 1570 g/mol. The highest BCUT2D eigenvalue weighted by Crippen LogP contribution is 2.67. The van der Waals surface area contributed by atoms with E-state index in [4.69, 9.17) is 24.5 Å². The largest absolute Gasteiger partial charge is 0.528 e. The Morgan fingerprint density at radius 3 is 1.13 bits per heavy atom. The van der Waals surface area contributed by atoms with E-state index in [1.54, 1.807) is 22.7 Å². The van der Waals surface area contributed by atoms with Crippen LogP contribution in [0.2, 0.25) is 0 Å². The number of hydrogen-bond acceptors (Lipinski definition) is 12. The van der Waals surface area contributed by atoms with E-state index in [1.165, 1.54) is 158 Å². The van der Waals surface area contributed by atoms with Gasteiger partial charge in [0.2, 0.25) is 0 Å². The Balaban J connectivity index is 0.927. The minimum atomic E-state index is -0.698. The number of carbonyl (C=O) groups excluding carboxylic acids is 2. The second kappa shape index (κ2) is 35.9. The molecule has 11 aromatic rings. The van der Waals surface area contributed by atoms with Gasteiger partial charge in [-0.25, -0.2) is 10.1 Å². The molecule has 0 aliphatic heterocycles. The van der Waals surface area contributed by atoms with Gasteiger partial charge in [0.15, 0.2) is 11.6 Å². The van der Waals surface area contributed by atoms with Crippen LogP contribution >= 0.6 is 90.7 Å². The number of aryl methyl sites for hydroxylation is 9. The average molecular weight is 1670 g/mol. The molecule has 4 aliphatic carbocycles. The second-order valence-corrected chi connectivity index (χ2v) is 40.9. The lowest BCUT2D eigenvalue weighted by molar-refractivity contribution is 0.103. The van der Waals surface area contributed by atoms with Crippen LogP contribution in [0.1, 0.15) is 294 Å². The van der Waals surface area contributed by atoms with Crippen LogP contribution in [0, 0.1) is 65.7 Å². The quantitative estimate of drug-likeness (QED) is 0.0174. The lowest BCUT2D eigenvalue weighted by Gasteiger charge is -2.29. The van der Waals surface area contributed by atoms with Crippen molar-refractivity contribution in [1.82, 2.24) is 0 Å². The van der Waals surface area contributed by atoms with Crippen LogP contribution in [0.3, 0.4) is 0 Å². The highest BCUT2D eigenvalue weighted by molar-refractivity contribution is 7.26. The van der Waals surface area contributed by atoms with E-state index in [0.717, 1.165) is 141 Å². The Bertz CT molecular complexity index is 5820. The van der Waals surface area contributed by atoms with Crippen LogP contribution in [0.15, 0.2) is 132 Å². The van der Waals surface area contributed by atoms with Crippen molar-refractivity contribution in [3.8, 4) is 52.2 Å². The molecule has 7 nitrogen and oxygen atoms in total. The van der Waals surface area contributed by atoms with Gasteiger partial charge >= 0.3 is 5.82 Å². The summed E-state index contributed by atoms with van der Waals surface area (Å²) in [4.78, 5) is 60.9. The summed E-state index contributed by atoms with van der Waals surface area (Å²) in [6.07, 6.45) is 31.2. The molecule has 590 valence electrons. The number of benzene rings is 3. The molecule has 3 aromatic carbocycles. The minimum Gasteiger partial charge on any atom is -0.493 e. The molecule has 0 fully saturated rings. The summed E-state index contributed by atoms with van der Waals surface area (Å²) < 4.78 is 7.37. The average Bonchev–Trinajstić information content (AvgIpc) is 1.52. The third-order valence-corrected chi connectivity index (χ3v) is 34.0. The molecule has 4 aliphatic rings. The lowest BCUT2D eigenvalue weighted by Crippen LogP contribution is -2.25. The fourth-order valence-corrected chi connectivity index (χ4v) is 28.1. The molecule has 15 heteroatoms. The monoisotopic (exact) mass is 1670 g/mol. The summed E-state index contributed by atoms with van der Waals surface area (Å²) in [7, 11) is 0. The summed E-state index contributed by atoms with van der Waals surface area (Å²) in [6, 6.07) is 43.8. The number of fused-ring (bicyclic) bond motifs is 8. The number of ketones is 2. The van der Waals surface area contributed by atoms with Crippen molar-refractivity contribution in [1.29, 1.82) is 5.26 Å². The third kappa shape index (κ3) is 15.2. The molecule has 0 spiro atoms. The maximum atomic E-state index is 15.0. The van der Waals surface area contributed by atoms with E-state index < -0.39 is 10.8 Å². The molecule has 0 unspecified atom stereocenters. The number of nitrogens with zero attached hydrogens (tertiary/aromatic N) is 4. The smallest absolute Gasteiger partial charge is 0.493 e. The predicted octanol–water partition coefficient (Wildman–Crippen LogP) is 31.5. The van der Waals surface area contributed by atoms with Gasteiger partial charge in [-0.05, 0) is 268 Å². The molecule has 0 amide bonds. The van der Waals surface area contributed by atoms with Crippen molar-refractivity contribution in [2.24, 2.45) is 0 Å². The second-order valence-electron chi connectivity index (χ2n) is 32.0. The lowest BCUT2D eigenvalue weighted by atomic mass is 9.76. The third-order valence-electron chi connectivity index (χ3n) is 24.1. The number of Topliss-reactive ketones (excluding diaryl/α,β-unsaturated/α-hetero) is 2. The topological polar surface area (TPSA) is 80.2 Å². The first-order chi connectivity index (χ1) is 56.5. The zero-order valence-electron chi connectivity index (χ0n) is 68.5. The van der Waals surface area contributed by atoms with Gasteiger partial charge in [-0.2, -0.15) is 9.69 Å². The maximum Gasteiger partial charge on any atom is 0.528 e. The number of unbranched alkanes of at least 4 members (excludes halogenated alkanes) is 15. The number of carbonyl (C=O) groups is 2. The van der Waals surface area contributed by atoms with Gasteiger partial charge < -0.3 is 4.74 Å². The van der Waals surface area contributed by atoms with E-state index in [9.17, 15) is 5.26 Å². The molecule has 0 saturated heterocycles. The van der Waals surface area contributed by atoms with Crippen LogP contribution in [-0.2, 0) is 36.5 Å². The van der Waals surface area contributed by atoms with Crippen molar-refractivity contribution in [3.05, 3.63) is 287 Å². The molecule has 0 radical (unpaired) electrons. The van der Waals surface area contributed by atoms with Crippen LogP contribution < -0.4 is 4.74 Å². The molecule has 15 rings (SSSR count). The van der Waals surface area contributed by atoms with Gasteiger partial charge in [0.1, 0.15) is 18.9 Å². The summed E-state index contributed by atoms with van der Waals surface area (Å²) in [5.74, 6) is 0.447. The van der Waals surface area contributed by atoms with Crippen LogP contribution in [0.4, 0.5) is 0 Å². The SMILES string of the molecule is [C-]#[N+]C([N+]#[C-])=C1/C(=C/c2cc3c(s2)-c2sc(-c4cc(OCCCCCC)c(-c5cc6c(s5)-c5sc(/C=C7\C(=O)c8cc(C)c(C)cc8\C7=C(/C#N)[N+]#[C-])cc5C6(c5ccc(CCCCCC)s5)c5ccc(CCCCCC)s5)cc4C)cc2C3(c2ccc(CCCCCC)s2)c2ccc(CCCCCC)s2)C(=O)c2cc(C)c(C)cc21. The molecule has 116 heavy (non-hydrogen) atoms. The van der Waals surface area contributed by atoms with E-state index >= 15 is 9.59 Å². The number of ether oxygens (including phenoxy) is 1. The number of nitriles is 1. The summed E-state index contributed by atoms with van der Waals surface area (Å²) in [5, 5.41) is 10.6. The molecule has 0 N–H and O–H groups in total. The van der Waals surface area contributed by atoms with Crippen LogP contribution in [0.25, 0.3) is 78.2 Å². The van der Waals surface area contributed by atoms with E-state index in [2.05, 4.69) is 147 Å². The molecule has 0 atom stereocenters. The van der Waals surface area contributed by atoms with Gasteiger partial charge in [0.25, 0.3) is 5.70 Å². The normalized spacial score (nSPS) is 15.1. The highest BCUT2D eigenvalue weighted by Gasteiger charge is 2.53. The molecule has 8 heterocycles. The Morgan fingerprint density at radius 1 is 0.388 bits per heavy atom. The zero-order valence-corrected chi connectivity index (χ0v) is 75.0. The Hall–Kier alpha value is -8.68. The molecule has 8 aromatic heterocycles. The maximum absolute atomic E-state index is 15.0. The van der Waals surface area contributed by atoms with Gasteiger partial charge in [-0.15, -0.1) is 90.7 Å². The van der Waals surface area contributed by atoms with Crippen LogP contribution in [-0.4, -0.2) is 18.2 Å². The van der Waals surface area contributed by atoms with Crippen molar-refractivity contribution in [2.75, 3.05) is 6.61 Å². The van der Waals surface area contributed by atoms with Gasteiger partial charge in [0, 0.05) is 91.9 Å². The fraction of sp³-hybridized carbons (Fsp3) is 0.366. The Morgan fingerprint density at radius 2 is 0.741 bits per heavy atom. The number of allylic oxidation sites excluding steroid dienone is 5. The van der Waals surface area contributed by atoms with Gasteiger partial charge in [-0.3, -0.25) is 9.59 Å². The van der Waals surface area contributed by atoms with Crippen molar-refractivity contribution < 1.29 is 14.3 Å². The first-order valence-corrected chi connectivity index (χ1v) is 48.5. The standard InChI is InChI=1S/C101H100N4O3S8/c1-14-19-24-29-34-65-38-42-87(109-65)100(88-43-39-66(110-88)35-30-25-20-15-2)80-55-70(53-78-92(99(104-12)105-13)73-48-61(7)63(9)50-75(73)94(78)107)114-95(80)97-81(100)57-85(115-97)71-56-84(108-46-33-28-23-18-5)76(51-64(71)10)86-58-82-98(116-86)96-79(54-69(113-96)52-77-91(83(59-102)103-11)72-47-60(6)62(8)49-74(72)93(77)106)101(82,89-44-40-67(111-89)36-31-26-21-16-3)90-45-41-68(112-90)37-32-27-22-17-4/h38-45,47-58H,14-37,46H2,1-10H3/b77-52-,78-53-,91-83-. The van der Waals surface area contributed by atoms with Crippen molar-refractivity contribution in [2.45, 2.75) is 234 Å². The number of hydrogen-bond donors (Lipinski definition) is 0. The number of thiophene rings is 8. The first kappa shape index (κ1) is 82.4. The molecular formula is C101H100N4O3S8. The van der Waals surface area contributed by atoms with E-state index in [1.807, 2.05) is 132 Å². The molecule has 0 saturated carbocycles. The summed E-state index contributed by atoms with van der Waals surface area (Å²) >= 11 is 14.9.